The standard InChI is InChI=1S/C20H22N3OPS/c1-20(2)16-12-8-9-13-17(16)22(3)19(20)18-14-21-23(25(18,26)24-4)15-10-6-5-7-11-15/h5-14H,1-4H3. The van der Waals surface area contributed by atoms with Crippen molar-refractivity contribution < 1.29 is 4.52 Å². The van der Waals surface area contributed by atoms with E-state index < -0.39 is 6.42 Å². The summed E-state index contributed by atoms with van der Waals surface area (Å²) in [4.78, 5) is 2.24. The Kier molecular flexibility index (Phi) is 4.07. The van der Waals surface area contributed by atoms with Gasteiger partial charge in [0.1, 0.15) is 0 Å². The molecule has 6 heteroatoms. The highest BCUT2D eigenvalue weighted by atomic mass is 32.4. The van der Waals surface area contributed by atoms with E-state index >= 15 is 0 Å². The second-order valence-corrected chi connectivity index (χ2v) is 10.8. The lowest BCUT2D eigenvalue weighted by molar-refractivity contribution is 0.462. The first-order chi connectivity index (χ1) is 12.4. The van der Waals surface area contributed by atoms with Gasteiger partial charge in [-0.05, 0) is 35.6 Å². The summed E-state index contributed by atoms with van der Waals surface area (Å²) >= 11 is 6.10. The van der Waals surface area contributed by atoms with Crippen LogP contribution < -0.4 is 9.68 Å². The molecule has 0 aliphatic carbocycles. The first-order valence-corrected chi connectivity index (χ1v) is 11.2. The Balaban J connectivity index is 1.91. The minimum Gasteiger partial charge on any atom is -0.346 e. The third-order valence-electron chi connectivity index (χ3n) is 5.19. The summed E-state index contributed by atoms with van der Waals surface area (Å²) in [5, 5.41) is 5.68. The summed E-state index contributed by atoms with van der Waals surface area (Å²) in [6.07, 6.45) is -0.606. The van der Waals surface area contributed by atoms with Crippen LogP contribution in [-0.2, 0) is 21.7 Å². The van der Waals surface area contributed by atoms with Crippen LogP contribution in [0.5, 0.6) is 0 Å². The Hall–Kier alpha value is -1.94. The zero-order chi connectivity index (χ0) is 18.5. The molecule has 0 N–H and O–H groups in total. The van der Waals surface area contributed by atoms with Gasteiger partial charge in [-0.1, -0.05) is 50.2 Å². The third-order valence-corrected chi connectivity index (χ3v) is 8.95. The number of rotatable bonds is 2. The van der Waals surface area contributed by atoms with Crippen molar-refractivity contribution in [3.8, 4) is 0 Å². The Bertz CT molecular complexity index is 968. The molecule has 2 heterocycles. The molecule has 2 aromatic carbocycles. The minimum absolute atomic E-state index is 0.165. The number of hydrogen-bond acceptors (Lipinski definition) is 4. The fraction of sp³-hybridized carbons (Fsp3) is 0.250. The highest BCUT2D eigenvalue weighted by molar-refractivity contribution is 8.15. The van der Waals surface area contributed by atoms with Crippen LogP contribution in [0, 0.1) is 0 Å². The zero-order valence-electron chi connectivity index (χ0n) is 15.4. The molecule has 2 aromatic rings. The monoisotopic (exact) mass is 383 g/mol. The molecule has 4 rings (SSSR count). The van der Waals surface area contributed by atoms with Gasteiger partial charge in [0.15, 0.2) is 0 Å². The maximum atomic E-state index is 6.10. The van der Waals surface area contributed by atoms with Crippen molar-refractivity contribution >= 4 is 35.8 Å². The molecule has 2 aliphatic heterocycles. The molecule has 0 spiro atoms. The number of likely N-dealkylation sites (N-methyl/N-ethyl adjacent to an activating group) is 1. The molecule has 2 aliphatic rings. The number of fused-ring (bicyclic) bond motifs is 1. The quantitative estimate of drug-likeness (QED) is 0.676. The van der Waals surface area contributed by atoms with Gasteiger partial charge < -0.3 is 9.42 Å². The fourth-order valence-electron chi connectivity index (χ4n) is 3.96. The molecule has 134 valence electrons. The van der Waals surface area contributed by atoms with Gasteiger partial charge in [-0.3, -0.25) is 0 Å². The maximum Gasteiger partial charge on any atom is 0.209 e. The van der Waals surface area contributed by atoms with E-state index in [-0.39, 0.29) is 5.41 Å². The lowest BCUT2D eigenvalue weighted by Crippen LogP contribution is -2.25. The van der Waals surface area contributed by atoms with Crippen molar-refractivity contribution in [3.63, 3.8) is 0 Å². The average molecular weight is 383 g/mol. The van der Waals surface area contributed by atoms with E-state index in [2.05, 4.69) is 55.2 Å². The van der Waals surface area contributed by atoms with Crippen LogP contribution in [0.15, 0.2) is 70.7 Å². The number of nitrogens with zero attached hydrogens (tertiary/aromatic N) is 3. The number of hydrazone groups is 1. The molecule has 0 aromatic heterocycles. The Labute approximate surface area is 159 Å². The van der Waals surface area contributed by atoms with Gasteiger partial charge in [-0.2, -0.15) is 5.10 Å². The molecule has 0 bridgehead atoms. The molecule has 0 saturated heterocycles. The largest absolute Gasteiger partial charge is 0.346 e. The van der Waals surface area contributed by atoms with Crippen LogP contribution >= 0.6 is 6.42 Å². The van der Waals surface area contributed by atoms with Gasteiger partial charge in [0.05, 0.1) is 17.2 Å². The maximum absolute atomic E-state index is 6.10. The third kappa shape index (κ3) is 2.31. The van der Waals surface area contributed by atoms with Crippen molar-refractivity contribution in [2.75, 3.05) is 23.8 Å². The molecule has 4 nitrogen and oxygen atoms in total. The lowest BCUT2D eigenvalue weighted by Gasteiger charge is -2.32. The second kappa shape index (κ2) is 6.05. The topological polar surface area (TPSA) is 28.1 Å². The van der Waals surface area contributed by atoms with Crippen LogP contribution in [0.4, 0.5) is 11.4 Å². The smallest absolute Gasteiger partial charge is 0.209 e. The van der Waals surface area contributed by atoms with Crippen LogP contribution in [0.1, 0.15) is 19.4 Å². The summed E-state index contributed by atoms with van der Waals surface area (Å²) in [6, 6.07) is 18.5. The second-order valence-electron chi connectivity index (χ2n) is 7.01. The fourth-order valence-corrected chi connectivity index (χ4v) is 6.84. The number of allylic oxidation sites excluding steroid dienone is 2. The molecule has 0 amide bonds. The molecular formula is C20H22N3OPS. The molecule has 1 atom stereocenters. The van der Waals surface area contributed by atoms with E-state index in [0.29, 0.717) is 0 Å². The summed E-state index contributed by atoms with van der Waals surface area (Å²) in [5.74, 6) is 0. The summed E-state index contributed by atoms with van der Waals surface area (Å²) in [5.41, 5.74) is 4.48. The van der Waals surface area contributed by atoms with Crippen molar-refractivity contribution in [3.05, 3.63) is 71.2 Å². The van der Waals surface area contributed by atoms with E-state index in [1.165, 1.54) is 16.9 Å². The lowest BCUT2D eigenvalue weighted by atomic mass is 9.84. The predicted octanol–water partition coefficient (Wildman–Crippen LogP) is 5.09. The number of anilines is 2. The highest BCUT2D eigenvalue weighted by Crippen LogP contribution is 2.65. The van der Waals surface area contributed by atoms with Gasteiger partial charge in [-0.25, -0.2) is 4.78 Å². The van der Waals surface area contributed by atoms with Crippen LogP contribution in [0.25, 0.3) is 0 Å². The first kappa shape index (κ1) is 17.5. The van der Waals surface area contributed by atoms with Crippen LogP contribution in [0.2, 0.25) is 0 Å². The van der Waals surface area contributed by atoms with Gasteiger partial charge in [0, 0.05) is 31.0 Å². The minimum atomic E-state index is -2.51. The van der Waals surface area contributed by atoms with Crippen molar-refractivity contribution in [2.24, 2.45) is 5.10 Å². The normalized spacial score (nSPS) is 26.5. The van der Waals surface area contributed by atoms with E-state index in [0.717, 1.165) is 11.0 Å². The Morgan fingerprint density at radius 2 is 1.69 bits per heavy atom. The summed E-state index contributed by atoms with van der Waals surface area (Å²) in [7, 11) is 3.80. The number of benzene rings is 2. The molecule has 1 unspecified atom stereocenters. The van der Waals surface area contributed by atoms with Gasteiger partial charge in [0.2, 0.25) is 6.42 Å². The van der Waals surface area contributed by atoms with Gasteiger partial charge >= 0.3 is 0 Å². The Morgan fingerprint density at radius 1 is 1.04 bits per heavy atom. The van der Waals surface area contributed by atoms with Crippen LogP contribution in [-0.4, -0.2) is 20.4 Å². The molecule has 26 heavy (non-hydrogen) atoms. The zero-order valence-corrected chi connectivity index (χ0v) is 17.1. The van der Waals surface area contributed by atoms with Gasteiger partial charge in [-0.15, -0.1) is 0 Å². The van der Waals surface area contributed by atoms with Crippen molar-refractivity contribution in [2.45, 2.75) is 19.3 Å². The SMILES string of the molecule is COP1(=S)C(=C2N(C)c3ccccc3C2(C)C)C=NN1c1ccccc1. The van der Waals surface area contributed by atoms with E-state index in [4.69, 9.17) is 16.3 Å². The molecular weight excluding hydrogens is 361 g/mol. The predicted molar refractivity (Wildman–Crippen MR) is 114 cm³/mol. The van der Waals surface area contributed by atoms with Crippen LogP contribution in [0.3, 0.4) is 0 Å². The number of hydrogen-bond donors (Lipinski definition) is 0. The molecule has 0 radical (unpaired) electrons. The van der Waals surface area contributed by atoms with E-state index in [1.807, 2.05) is 41.3 Å². The first-order valence-electron chi connectivity index (χ1n) is 8.55. The van der Waals surface area contributed by atoms with E-state index in [9.17, 15) is 0 Å². The summed E-state index contributed by atoms with van der Waals surface area (Å²) < 4.78 is 7.86. The van der Waals surface area contributed by atoms with Crippen molar-refractivity contribution in [1.29, 1.82) is 0 Å². The van der Waals surface area contributed by atoms with Crippen molar-refractivity contribution in [1.82, 2.24) is 0 Å². The summed E-state index contributed by atoms with van der Waals surface area (Å²) in [6.45, 7) is 4.48. The van der Waals surface area contributed by atoms with E-state index in [1.54, 1.807) is 7.11 Å². The Morgan fingerprint density at radius 3 is 2.35 bits per heavy atom. The average Bonchev–Trinajstić information content (AvgIpc) is 3.09. The van der Waals surface area contributed by atoms with Gasteiger partial charge in [0.25, 0.3) is 0 Å². The highest BCUT2D eigenvalue weighted by Gasteiger charge is 2.46. The molecule has 0 saturated carbocycles. The molecule has 0 fully saturated rings. The number of para-hydroxylation sites is 2.